The molecule has 1 aliphatic carbocycles. The van der Waals surface area contributed by atoms with Crippen molar-refractivity contribution in [3.8, 4) is 5.75 Å². The molecule has 0 bridgehead atoms. The number of rotatable bonds is 4. The van der Waals surface area contributed by atoms with Gasteiger partial charge in [0.2, 0.25) is 5.91 Å². The van der Waals surface area contributed by atoms with E-state index in [-0.39, 0.29) is 11.3 Å². The van der Waals surface area contributed by atoms with E-state index in [1.807, 2.05) is 36.7 Å². The molecule has 0 unspecified atom stereocenters. The average molecular weight is 365 g/mol. The zero-order valence-corrected chi connectivity index (χ0v) is 16.3. The van der Waals surface area contributed by atoms with Crippen LogP contribution in [0.1, 0.15) is 25.8 Å². The Labute approximate surface area is 161 Å². The van der Waals surface area contributed by atoms with Crippen molar-refractivity contribution >= 4 is 11.6 Å². The highest BCUT2D eigenvalue weighted by molar-refractivity contribution is 5.93. The number of pyridine rings is 1. The zero-order valence-electron chi connectivity index (χ0n) is 16.3. The quantitative estimate of drug-likeness (QED) is 0.835. The van der Waals surface area contributed by atoms with Crippen molar-refractivity contribution in [2.45, 2.75) is 25.7 Å². The number of carbonyl (C=O) groups excluding carboxylic acids is 1. The first-order valence-corrected chi connectivity index (χ1v) is 9.57. The molecular formula is C22H27N3O2. The van der Waals surface area contributed by atoms with Gasteiger partial charge in [0.15, 0.2) is 0 Å². The third kappa shape index (κ3) is 2.95. The van der Waals surface area contributed by atoms with Gasteiger partial charge in [0.25, 0.3) is 0 Å². The molecule has 1 aliphatic heterocycles. The molecule has 4 rings (SSSR count). The first kappa shape index (κ1) is 17.8. The number of ether oxygens (including phenoxy) is 1. The molecule has 2 aromatic rings. The molecular weight excluding hydrogens is 338 g/mol. The summed E-state index contributed by atoms with van der Waals surface area (Å²) >= 11 is 0. The molecule has 1 aromatic carbocycles. The Bertz CT molecular complexity index is 811. The predicted molar refractivity (Wildman–Crippen MR) is 106 cm³/mol. The lowest BCUT2D eigenvalue weighted by Crippen LogP contribution is -2.52. The van der Waals surface area contributed by atoms with Gasteiger partial charge in [-0.2, -0.15) is 0 Å². The van der Waals surface area contributed by atoms with Crippen LogP contribution in [0, 0.1) is 5.41 Å². The van der Waals surface area contributed by atoms with Crippen molar-refractivity contribution in [1.82, 2.24) is 9.88 Å². The van der Waals surface area contributed by atoms with Crippen LogP contribution in [0.5, 0.6) is 5.75 Å². The fraction of sp³-hybridized carbons (Fsp3) is 0.455. The van der Waals surface area contributed by atoms with Gasteiger partial charge in [-0.1, -0.05) is 26.0 Å². The summed E-state index contributed by atoms with van der Waals surface area (Å²) in [6.45, 7) is 7.62. The van der Waals surface area contributed by atoms with Gasteiger partial charge < -0.3 is 14.5 Å². The van der Waals surface area contributed by atoms with E-state index in [4.69, 9.17) is 4.74 Å². The van der Waals surface area contributed by atoms with Gasteiger partial charge in [0, 0.05) is 44.3 Å². The summed E-state index contributed by atoms with van der Waals surface area (Å²) in [6.07, 6.45) is 4.53. The maximum Gasteiger partial charge on any atom is 0.233 e. The highest BCUT2D eigenvalue weighted by atomic mass is 16.5. The van der Waals surface area contributed by atoms with Gasteiger partial charge >= 0.3 is 0 Å². The average Bonchev–Trinajstić information content (AvgIpc) is 3.31. The van der Waals surface area contributed by atoms with Gasteiger partial charge in [-0.05, 0) is 41.7 Å². The van der Waals surface area contributed by atoms with Gasteiger partial charge in [0.05, 0.1) is 12.5 Å². The Balaban J connectivity index is 1.51. The van der Waals surface area contributed by atoms with Crippen LogP contribution in [-0.4, -0.2) is 49.1 Å². The first-order chi connectivity index (χ1) is 13.0. The maximum absolute atomic E-state index is 13.6. The Kier molecular flexibility index (Phi) is 4.33. The van der Waals surface area contributed by atoms with E-state index in [1.165, 1.54) is 5.69 Å². The van der Waals surface area contributed by atoms with Gasteiger partial charge in [-0.15, -0.1) is 0 Å². The summed E-state index contributed by atoms with van der Waals surface area (Å²) in [5.74, 6) is 1.10. The van der Waals surface area contributed by atoms with Crippen molar-refractivity contribution in [2.24, 2.45) is 5.41 Å². The zero-order chi connectivity index (χ0) is 19.1. The lowest BCUT2D eigenvalue weighted by atomic mass is 9.86. The number of benzene rings is 1. The second-order valence-electron chi connectivity index (χ2n) is 8.18. The summed E-state index contributed by atoms with van der Waals surface area (Å²) in [5.41, 5.74) is 1.86. The fourth-order valence-corrected chi connectivity index (χ4v) is 4.47. The number of carbonyl (C=O) groups is 1. The summed E-state index contributed by atoms with van der Waals surface area (Å²) in [6, 6.07) is 12.1. The second-order valence-corrected chi connectivity index (χ2v) is 8.18. The molecule has 5 heteroatoms. The van der Waals surface area contributed by atoms with Crippen LogP contribution in [0.4, 0.5) is 5.69 Å². The Morgan fingerprint density at radius 3 is 2.11 bits per heavy atom. The summed E-state index contributed by atoms with van der Waals surface area (Å²) in [4.78, 5) is 22.0. The third-order valence-corrected chi connectivity index (χ3v) is 6.28. The molecule has 5 nitrogen and oxygen atoms in total. The molecule has 27 heavy (non-hydrogen) atoms. The lowest BCUT2D eigenvalue weighted by Gasteiger charge is -2.38. The number of piperazine rings is 1. The Morgan fingerprint density at radius 1 is 1.00 bits per heavy atom. The van der Waals surface area contributed by atoms with Crippen molar-refractivity contribution in [3.63, 3.8) is 0 Å². The van der Waals surface area contributed by atoms with Crippen LogP contribution in [0.3, 0.4) is 0 Å². The van der Waals surface area contributed by atoms with E-state index in [2.05, 4.69) is 40.8 Å². The topological polar surface area (TPSA) is 45.7 Å². The van der Waals surface area contributed by atoms with E-state index in [0.29, 0.717) is 0 Å². The van der Waals surface area contributed by atoms with Crippen molar-refractivity contribution in [3.05, 3.63) is 54.4 Å². The van der Waals surface area contributed by atoms with Crippen LogP contribution < -0.4 is 9.64 Å². The Morgan fingerprint density at radius 2 is 1.59 bits per heavy atom. The second kappa shape index (κ2) is 6.55. The van der Waals surface area contributed by atoms with E-state index >= 15 is 0 Å². The number of methoxy groups -OCH3 is 1. The SMILES string of the molecule is COc1ccc([C@@]2(C(=O)N3CCN(c4ccncc4)CC3)CC2(C)C)cc1. The minimum Gasteiger partial charge on any atom is -0.497 e. The molecule has 2 heterocycles. The normalized spacial score (nSPS) is 23.8. The largest absolute Gasteiger partial charge is 0.497 e. The highest BCUT2D eigenvalue weighted by Gasteiger charge is 2.68. The molecule has 0 radical (unpaired) electrons. The lowest BCUT2D eigenvalue weighted by molar-refractivity contribution is -0.135. The third-order valence-electron chi connectivity index (χ3n) is 6.28. The standard InChI is InChI=1S/C22H27N3O2/c1-21(2)16-22(21,17-4-6-19(27-3)7-5-17)20(26)25-14-12-24(13-15-25)18-8-10-23-11-9-18/h4-11H,12-16H2,1-3H3/t22-/m1/s1. The number of amides is 1. The summed E-state index contributed by atoms with van der Waals surface area (Å²) in [5, 5.41) is 0. The van der Waals surface area contributed by atoms with E-state index < -0.39 is 5.41 Å². The molecule has 1 atom stereocenters. The van der Waals surface area contributed by atoms with Crippen molar-refractivity contribution in [1.29, 1.82) is 0 Å². The smallest absolute Gasteiger partial charge is 0.233 e. The molecule has 1 saturated carbocycles. The molecule has 0 N–H and O–H groups in total. The van der Waals surface area contributed by atoms with Crippen molar-refractivity contribution < 1.29 is 9.53 Å². The predicted octanol–water partition coefficient (Wildman–Crippen LogP) is 3.11. The first-order valence-electron chi connectivity index (χ1n) is 9.57. The monoisotopic (exact) mass is 365 g/mol. The highest BCUT2D eigenvalue weighted by Crippen LogP contribution is 2.65. The number of hydrogen-bond acceptors (Lipinski definition) is 4. The molecule has 2 aliphatic rings. The molecule has 1 amide bonds. The molecule has 0 spiro atoms. The number of hydrogen-bond donors (Lipinski definition) is 0. The van der Waals surface area contributed by atoms with Crippen molar-refractivity contribution in [2.75, 3.05) is 38.2 Å². The fourth-order valence-electron chi connectivity index (χ4n) is 4.47. The molecule has 1 aromatic heterocycles. The summed E-state index contributed by atoms with van der Waals surface area (Å²) < 4.78 is 5.28. The van der Waals surface area contributed by atoms with Crippen LogP contribution in [0.2, 0.25) is 0 Å². The summed E-state index contributed by atoms with van der Waals surface area (Å²) in [7, 11) is 1.67. The van der Waals surface area contributed by atoms with E-state index in [0.717, 1.165) is 43.9 Å². The van der Waals surface area contributed by atoms with Gasteiger partial charge in [-0.3, -0.25) is 9.78 Å². The minimum atomic E-state index is -0.405. The number of anilines is 1. The van der Waals surface area contributed by atoms with Gasteiger partial charge in [-0.25, -0.2) is 0 Å². The van der Waals surface area contributed by atoms with Crippen LogP contribution in [0.15, 0.2) is 48.8 Å². The van der Waals surface area contributed by atoms with E-state index in [9.17, 15) is 4.79 Å². The molecule has 1 saturated heterocycles. The number of aromatic nitrogens is 1. The van der Waals surface area contributed by atoms with Gasteiger partial charge in [0.1, 0.15) is 5.75 Å². The Hall–Kier alpha value is -2.56. The van der Waals surface area contributed by atoms with Crippen LogP contribution in [0.25, 0.3) is 0 Å². The molecule has 2 fully saturated rings. The maximum atomic E-state index is 13.6. The van der Waals surface area contributed by atoms with Crippen LogP contribution >= 0.6 is 0 Å². The van der Waals surface area contributed by atoms with E-state index in [1.54, 1.807) is 7.11 Å². The van der Waals surface area contributed by atoms with Crippen LogP contribution in [-0.2, 0) is 10.2 Å². The molecule has 142 valence electrons. The minimum absolute atomic E-state index is 0.0130. The number of nitrogens with zero attached hydrogens (tertiary/aromatic N) is 3.